The van der Waals surface area contributed by atoms with Crippen molar-refractivity contribution in [3.63, 3.8) is 0 Å². The Balaban J connectivity index is 2.53. The molecule has 0 saturated carbocycles. The van der Waals surface area contributed by atoms with Crippen LogP contribution >= 0.6 is 11.6 Å². The molecular formula is C13H10ClF3N2. The van der Waals surface area contributed by atoms with E-state index >= 15 is 0 Å². The molecule has 100 valence electrons. The minimum Gasteiger partial charge on any atom is -0.236 e. The van der Waals surface area contributed by atoms with E-state index in [1.54, 1.807) is 13.0 Å². The fourth-order valence-corrected chi connectivity index (χ4v) is 1.92. The van der Waals surface area contributed by atoms with Gasteiger partial charge in [0, 0.05) is 17.3 Å². The Morgan fingerprint density at radius 3 is 2.58 bits per heavy atom. The monoisotopic (exact) mass is 286 g/mol. The quantitative estimate of drug-likeness (QED) is 0.788. The van der Waals surface area contributed by atoms with Gasteiger partial charge in [0.05, 0.1) is 5.88 Å². The number of hydrogen-bond acceptors (Lipinski definition) is 2. The lowest BCUT2D eigenvalue weighted by Gasteiger charge is -2.08. The average molecular weight is 287 g/mol. The molecule has 0 unspecified atom stereocenters. The number of alkyl halides is 3. The van der Waals surface area contributed by atoms with Crippen molar-refractivity contribution in [2.45, 2.75) is 19.2 Å². The van der Waals surface area contributed by atoms with Crippen molar-refractivity contribution in [2.75, 3.05) is 0 Å². The van der Waals surface area contributed by atoms with E-state index in [0.29, 0.717) is 11.1 Å². The van der Waals surface area contributed by atoms with Crippen molar-refractivity contribution in [3.05, 3.63) is 47.0 Å². The first-order valence-electron chi connectivity index (χ1n) is 5.48. The standard InChI is InChI=1S/C13H10ClF3N2/c1-7-2-8(4-10(15)3-7)13-18-6-9(5-14)11(19-13)12(16)17/h2-4,6,12H,5H2,1H3. The maximum atomic E-state index is 13.3. The van der Waals surface area contributed by atoms with Gasteiger partial charge in [-0.2, -0.15) is 0 Å². The summed E-state index contributed by atoms with van der Waals surface area (Å²) in [4.78, 5) is 7.73. The van der Waals surface area contributed by atoms with Gasteiger partial charge < -0.3 is 0 Å². The van der Waals surface area contributed by atoms with Gasteiger partial charge in [-0.25, -0.2) is 23.1 Å². The highest BCUT2D eigenvalue weighted by atomic mass is 35.5. The zero-order chi connectivity index (χ0) is 14.0. The fourth-order valence-electron chi connectivity index (χ4n) is 1.72. The Morgan fingerprint density at radius 2 is 2.00 bits per heavy atom. The molecule has 0 amide bonds. The summed E-state index contributed by atoms with van der Waals surface area (Å²) in [5.41, 5.74) is 0.787. The van der Waals surface area contributed by atoms with Gasteiger partial charge in [-0.05, 0) is 30.7 Å². The maximum Gasteiger partial charge on any atom is 0.280 e. The predicted molar refractivity (Wildman–Crippen MR) is 66.7 cm³/mol. The van der Waals surface area contributed by atoms with E-state index in [2.05, 4.69) is 9.97 Å². The molecule has 19 heavy (non-hydrogen) atoms. The molecule has 1 aromatic carbocycles. The Labute approximate surface area is 113 Å². The molecule has 0 aliphatic carbocycles. The molecule has 1 aromatic heterocycles. The summed E-state index contributed by atoms with van der Waals surface area (Å²) in [5, 5.41) is 0. The maximum absolute atomic E-state index is 13.3. The highest BCUT2D eigenvalue weighted by molar-refractivity contribution is 6.17. The topological polar surface area (TPSA) is 25.8 Å². The van der Waals surface area contributed by atoms with Crippen LogP contribution in [0.1, 0.15) is 23.2 Å². The third-order valence-corrected chi connectivity index (χ3v) is 2.84. The Kier molecular flexibility index (Phi) is 4.04. The number of rotatable bonds is 3. The van der Waals surface area contributed by atoms with E-state index in [1.807, 2.05) is 0 Å². The molecule has 2 rings (SSSR count). The van der Waals surface area contributed by atoms with Gasteiger partial charge in [0.1, 0.15) is 11.5 Å². The number of halogens is 4. The summed E-state index contributed by atoms with van der Waals surface area (Å²) in [6.45, 7) is 1.70. The van der Waals surface area contributed by atoms with Crippen LogP contribution in [0.3, 0.4) is 0 Å². The summed E-state index contributed by atoms with van der Waals surface area (Å²) < 4.78 is 39.0. The van der Waals surface area contributed by atoms with Crippen molar-refractivity contribution < 1.29 is 13.2 Å². The molecule has 2 aromatic rings. The summed E-state index contributed by atoms with van der Waals surface area (Å²) >= 11 is 5.55. The third kappa shape index (κ3) is 3.04. The van der Waals surface area contributed by atoms with Crippen molar-refractivity contribution >= 4 is 11.6 Å². The van der Waals surface area contributed by atoms with Crippen molar-refractivity contribution in [1.29, 1.82) is 0 Å². The lowest BCUT2D eigenvalue weighted by atomic mass is 10.1. The molecule has 0 spiro atoms. The first-order chi connectivity index (χ1) is 9.01. The Morgan fingerprint density at radius 1 is 1.26 bits per heavy atom. The van der Waals surface area contributed by atoms with Crippen molar-refractivity contribution in [3.8, 4) is 11.4 Å². The first kappa shape index (κ1) is 13.8. The summed E-state index contributed by atoms with van der Waals surface area (Å²) in [6.07, 6.45) is -1.50. The number of aryl methyl sites for hydroxylation is 1. The second-order valence-electron chi connectivity index (χ2n) is 4.06. The minimum atomic E-state index is -2.75. The number of aromatic nitrogens is 2. The van der Waals surface area contributed by atoms with E-state index in [0.717, 1.165) is 0 Å². The molecule has 0 aliphatic heterocycles. The Bertz CT molecular complexity index is 582. The number of hydrogen-bond donors (Lipinski definition) is 0. The highest BCUT2D eigenvalue weighted by Gasteiger charge is 2.17. The molecule has 0 fully saturated rings. The van der Waals surface area contributed by atoms with Crippen LogP contribution in [0.4, 0.5) is 13.2 Å². The van der Waals surface area contributed by atoms with Crippen LogP contribution in [0.2, 0.25) is 0 Å². The van der Waals surface area contributed by atoms with E-state index in [1.165, 1.54) is 18.3 Å². The smallest absolute Gasteiger partial charge is 0.236 e. The van der Waals surface area contributed by atoms with Gasteiger partial charge in [0.2, 0.25) is 0 Å². The van der Waals surface area contributed by atoms with E-state index in [9.17, 15) is 13.2 Å². The summed E-state index contributed by atoms with van der Waals surface area (Å²) in [5.74, 6) is -0.493. The van der Waals surface area contributed by atoms with Crippen molar-refractivity contribution in [1.82, 2.24) is 9.97 Å². The number of nitrogens with zero attached hydrogens (tertiary/aromatic N) is 2. The van der Waals surface area contributed by atoms with E-state index in [-0.39, 0.29) is 17.3 Å². The van der Waals surface area contributed by atoms with Crippen LogP contribution in [0.5, 0.6) is 0 Å². The molecule has 0 N–H and O–H groups in total. The lowest BCUT2D eigenvalue weighted by Crippen LogP contribution is -2.01. The van der Waals surface area contributed by atoms with Gasteiger partial charge in [-0.1, -0.05) is 0 Å². The average Bonchev–Trinajstić information content (AvgIpc) is 2.36. The normalized spacial score (nSPS) is 11.1. The van der Waals surface area contributed by atoms with Crippen LogP contribution in [-0.4, -0.2) is 9.97 Å². The predicted octanol–water partition coefficient (Wildman–Crippen LogP) is 4.27. The van der Waals surface area contributed by atoms with Crippen molar-refractivity contribution in [2.24, 2.45) is 0 Å². The van der Waals surface area contributed by atoms with Gasteiger partial charge in [-0.15, -0.1) is 11.6 Å². The molecule has 0 saturated heterocycles. The van der Waals surface area contributed by atoms with Crippen LogP contribution in [-0.2, 0) is 5.88 Å². The second-order valence-corrected chi connectivity index (χ2v) is 4.32. The van der Waals surface area contributed by atoms with Gasteiger partial charge >= 0.3 is 0 Å². The molecule has 0 atom stereocenters. The van der Waals surface area contributed by atoms with Gasteiger partial charge in [0.15, 0.2) is 5.82 Å². The minimum absolute atomic E-state index is 0.0618. The molecular weight excluding hydrogens is 277 g/mol. The van der Waals surface area contributed by atoms with Crippen LogP contribution in [0.15, 0.2) is 24.4 Å². The molecule has 0 radical (unpaired) electrons. The SMILES string of the molecule is Cc1cc(F)cc(-c2ncc(CCl)c(C(F)F)n2)c1. The molecule has 0 bridgehead atoms. The molecule has 0 aliphatic rings. The van der Waals surface area contributed by atoms with Gasteiger partial charge in [-0.3, -0.25) is 0 Å². The van der Waals surface area contributed by atoms with Crippen LogP contribution in [0, 0.1) is 12.7 Å². The highest BCUT2D eigenvalue weighted by Crippen LogP contribution is 2.25. The molecule has 2 nitrogen and oxygen atoms in total. The largest absolute Gasteiger partial charge is 0.280 e. The Hall–Kier alpha value is -1.62. The summed E-state index contributed by atoms with van der Waals surface area (Å²) in [6, 6.07) is 4.18. The van der Waals surface area contributed by atoms with E-state index in [4.69, 9.17) is 11.6 Å². The molecule has 1 heterocycles. The third-order valence-electron chi connectivity index (χ3n) is 2.55. The van der Waals surface area contributed by atoms with E-state index < -0.39 is 17.9 Å². The lowest BCUT2D eigenvalue weighted by molar-refractivity contribution is 0.145. The fraction of sp³-hybridized carbons (Fsp3) is 0.231. The molecule has 6 heteroatoms. The van der Waals surface area contributed by atoms with Gasteiger partial charge in [0.25, 0.3) is 6.43 Å². The summed E-state index contributed by atoms with van der Waals surface area (Å²) in [7, 11) is 0. The first-order valence-corrected chi connectivity index (χ1v) is 6.02. The number of benzene rings is 1. The second kappa shape index (κ2) is 5.57. The zero-order valence-corrected chi connectivity index (χ0v) is 10.8. The zero-order valence-electron chi connectivity index (χ0n) is 10.0. The van der Waals surface area contributed by atoms with Crippen LogP contribution in [0.25, 0.3) is 11.4 Å². The van der Waals surface area contributed by atoms with Crippen LogP contribution < -0.4 is 0 Å².